The fraction of sp³-hybridized carbons (Fsp3) is 0.385. The van der Waals surface area contributed by atoms with Crippen LogP contribution in [0.5, 0.6) is 0 Å². The Morgan fingerprint density at radius 3 is 2.61 bits per heavy atom. The summed E-state index contributed by atoms with van der Waals surface area (Å²) in [5.74, 6) is 0.674. The number of hydrogen-bond donors (Lipinski definition) is 1. The predicted octanol–water partition coefficient (Wildman–Crippen LogP) is 4.43. The van der Waals surface area contributed by atoms with E-state index in [9.17, 15) is 4.79 Å². The van der Waals surface area contributed by atoms with Crippen LogP contribution in [0.3, 0.4) is 0 Å². The second-order valence-electron chi connectivity index (χ2n) is 10.0. The van der Waals surface area contributed by atoms with Crippen molar-refractivity contribution in [1.82, 2.24) is 25.2 Å². The number of pyridine rings is 1. The van der Waals surface area contributed by atoms with Crippen LogP contribution in [0.2, 0.25) is 0 Å². The van der Waals surface area contributed by atoms with Crippen LogP contribution in [0.1, 0.15) is 61.3 Å². The van der Waals surface area contributed by atoms with Gasteiger partial charge in [0.25, 0.3) is 5.56 Å². The van der Waals surface area contributed by atoms with Crippen molar-refractivity contribution in [3.05, 3.63) is 80.9 Å². The van der Waals surface area contributed by atoms with Gasteiger partial charge in [-0.3, -0.25) is 4.79 Å². The van der Waals surface area contributed by atoms with E-state index in [2.05, 4.69) is 90.4 Å². The fourth-order valence-electron chi connectivity index (χ4n) is 4.82. The molecule has 0 aliphatic carbocycles. The largest absolute Gasteiger partial charge is 0.357 e. The van der Waals surface area contributed by atoms with Crippen molar-refractivity contribution >= 4 is 16.6 Å². The summed E-state index contributed by atoms with van der Waals surface area (Å²) in [6.07, 6.45) is 2.03. The molecular weight excluding hydrogens is 412 g/mol. The van der Waals surface area contributed by atoms with E-state index in [0.717, 1.165) is 41.5 Å². The molecule has 0 fully saturated rings. The third-order valence-electron chi connectivity index (χ3n) is 6.61. The number of aryl methyl sites for hydroxylation is 3. The molecule has 0 spiro atoms. The molecule has 1 aliphatic rings. The van der Waals surface area contributed by atoms with E-state index >= 15 is 0 Å². The maximum Gasteiger partial charge on any atom is 0.254 e. The monoisotopic (exact) mass is 442 g/mol. The Kier molecular flexibility index (Phi) is 5.07. The Labute approximate surface area is 193 Å². The third kappa shape index (κ3) is 3.71. The molecule has 0 radical (unpaired) electrons. The van der Waals surface area contributed by atoms with Crippen molar-refractivity contribution < 1.29 is 0 Å². The van der Waals surface area contributed by atoms with Crippen molar-refractivity contribution in [2.75, 3.05) is 11.4 Å². The highest BCUT2D eigenvalue weighted by Crippen LogP contribution is 2.37. The van der Waals surface area contributed by atoms with E-state index in [1.807, 2.05) is 16.8 Å². The first kappa shape index (κ1) is 21.4. The number of aromatic amines is 1. The van der Waals surface area contributed by atoms with Crippen molar-refractivity contribution in [2.24, 2.45) is 0 Å². The number of benzene rings is 2. The van der Waals surface area contributed by atoms with Crippen molar-refractivity contribution in [3.63, 3.8) is 0 Å². The number of nitrogens with one attached hydrogen (secondary N) is 1. The Bertz CT molecular complexity index is 1390. The van der Waals surface area contributed by atoms with E-state index in [0.29, 0.717) is 11.4 Å². The summed E-state index contributed by atoms with van der Waals surface area (Å²) in [5.41, 5.74) is 5.84. The average Bonchev–Trinajstić information content (AvgIpc) is 3.26. The molecule has 3 heterocycles. The smallest absolute Gasteiger partial charge is 0.254 e. The minimum Gasteiger partial charge on any atom is -0.357 e. The molecule has 1 atom stereocenters. The number of H-pyrrole nitrogens is 1. The lowest BCUT2D eigenvalue weighted by Crippen LogP contribution is -2.40. The number of rotatable bonds is 3. The molecular formula is C26H30N6O. The molecule has 2 aromatic carbocycles. The topological polar surface area (TPSA) is 79.7 Å². The van der Waals surface area contributed by atoms with Gasteiger partial charge < -0.3 is 9.88 Å². The summed E-state index contributed by atoms with van der Waals surface area (Å²) in [4.78, 5) is 18.9. The highest BCUT2D eigenvalue weighted by Gasteiger charge is 2.35. The lowest BCUT2D eigenvalue weighted by atomic mass is 9.95. The standard InChI is InChI=1S/C26H30N6O/c1-16-13-19-15-20(25(33)27-21(19)14-17(16)2)23(24-28-29-30-32(24)26(3,4)5)31-12-8-10-18-9-6-7-11-22(18)31/h6-7,9,11,13-15,23H,8,10,12H2,1-5H3,(H,27,33)/t23-/m0/s1. The maximum atomic E-state index is 13.5. The molecule has 170 valence electrons. The number of nitrogens with zero attached hydrogens (tertiary/aromatic N) is 5. The normalized spacial score (nSPS) is 15.0. The number of hydrogen-bond acceptors (Lipinski definition) is 5. The fourth-order valence-corrected chi connectivity index (χ4v) is 4.82. The van der Waals surface area contributed by atoms with Gasteiger partial charge in [-0.25, -0.2) is 4.68 Å². The maximum absolute atomic E-state index is 13.5. The molecule has 0 bridgehead atoms. The molecule has 5 rings (SSSR count). The SMILES string of the molecule is Cc1cc2cc([C@@H](c3nnnn3C(C)(C)C)N3CCCc4ccccc43)c(=O)[nH]c2cc1C. The molecule has 0 saturated carbocycles. The minimum absolute atomic E-state index is 0.109. The zero-order valence-electron chi connectivity index (χ0n) is 19.9. The Morgan fingerprint density at radius 2 is 1.82 bits per heavy atom. The number of fused-ring (bicyclic) bond motifs is 2. The van der Waals surface area contributed by atoms with Gasteiger partial charge in [-0.1, -0.05) is 18.2 Å². The molecule has 0 saturated heterocycles. The number of tetrazole rings is 1. The van der Waals surface area contributed by atoms with Gasteiger partial charge in [0.15, 0.2) is 5.82 Å². The van der Waals surface area contributed by atoms with Gasteiger partial charge in [-0.2, -0.15) is 0 Å². The number of anilines is 1. The summed E-state index contributed by atoms with van der Waals surface area (Å²) in [7, 11) is 0. The van der Waals surface area contributed by atoms with E-state index in [4.69, 9.17) is 0 Å². The lowest BCUT2D eigenvalue weighted by Gasteiger charge is -2.38. The van der Waals surface area contributed by atoms with Gasteiger partial charge in [-0.15, -0.1) is 5.10 Å². The highest BCUT2D eigenvalue weighted by molar-refractivity contribution is 5.81. The Morgan fingerprint density at radius 1 is 1.06 bits per heavy atom. The first-order valence-electron chi connectivity index (χ1n) is 11.5. The van der Waals surface area contributed by atoms with Crippen molar-refractivity contribution in [3.8, 4) is 0 Å². The van der Waals surface area contributed by atoms with Gasteiger partial charge in [-0.05, 0) is 104 Å². The van der Waals surface area contributed by atoms with Gasteiger partial charge in [0.05, 0.1) is 5.54 Å². The summed E-state index contributed by atoms with van der Waals surface area (Å²) in [6.45, 7) is 11.2. The zero-order valence-corrected chi connectivity index (χ0v) is 19.9. The van der Waals surface area contributed by atoms with Gasteiger partial charge >= 0.3 is 0 Å². The Balaban J connectivity index is 1.78. The van der Waals surface area contributed by atoms with E-state index in [1.54, 1.807) is 0 Å². The summed E-state index contributed by atoms with van der Waals surface area (Å²) in [6, 6.07) is 14.2. The van der Waals surface area contributed by atoms with Crippen LogP contribution in [0, 0.1) is 13.8 Å². The molecule has 1 N–H and O–H groups in total. The molecule has 0 unspecified atom stereocenters. The molecule has 7 heteroatoms. The molecule has 0 amide bonds. The zero-order chi connectivity index (χ0) is 23.3. The second-order valence-corrected chi connectivity index (χ2v) is 10.0. The number of para-hydroxylation sites is 1. The summed E-state index contributed by atoms with van der Waals surface area (Å²) >= 11 is 0. The molecule has 7 nitrogen and oxygen atoms in total. The predicted molar refractivity (Wildman–Crippen MR) is 131 cm³/mol. The second kappa shape index (κ2) is 7.83. The van der Waals surface area contributed by atoms with Crippen LogP contribution in [0.15, 0.2) is 47.3 Å². The van der Waals surface area contributed by atoms with E-state index in [-0.39, 0.29) is 11.1 Å². The average molecular weight is 443 g/mol. The number of aromatic nitrogens is 5. The van der Waals surface area contributed by atoms with Gasteiger partial charge in [0.2, 0.25) is 0 Å². The van der Waals surface area contributed by atoms with E-state index in [1.165, 1.54) is 11.1 Å². The van der Waals surface area contributed by atoms with E-state index < -0.39 is 6.04 Å². The quantitative estimate of drug-likeness (QED) is 0.508. The third-order valence-corrected chi connectivity index (χ3v) is 6.61. The van der Waals surface area contributed by atoms with Crippen molar-refractivity contribution in [1.29, 1.82) is 0 Å². The van der Waals surface area contributed by atoms with Crippen LogP contribution < -0.4 is 10.5 Å². The van der Waals surface area contributed by atoms with Crippen LogP contribution in [0.4, 0.5) is 5.69 Å². The minimum atomic E-state index is -0.407. The molecule has 2 aromatic heterocycles. The van der Waals surface area contributed by atoms with Gasteiger partial charge in [0.1, 0.15) is 6.04 Å². The molecule has 1 aliphatic heterocycles. The lowest BCUT2D eigenvalue weighted by molar-refractivity contribution is 0.329. The Hall–Kier alpha value is -3.48. The summed E-state index contributed by atoms with van der Waals surface area (Å²) in [5, 5.41) is 13.8. The van der Waals surface area contributed by atoms with Crippen LogP contribution >= 0.6 is 0 Å². The van der Waals surface area contributed by atoms with Crippen molar-refractivity contribution in [2.45, 2.75) is 59.0 Å². The van der Waals surface area contributed by atoms with Crippen LogP contribution in [-0.4, -0.2) is 31.7 Å². The van der Waals surface area contributed by atoms with Crippen LogP contribution in [-0.2, 0) is 12.0 Å². The first-order chi connectivity index (χ1) is 15.7. The highest BCUT2D eigenvalue weighted by atomic mass is 16.1. The first-order valence-corrected chi connectivity index (χ1v) is 11.5. The molecule has 33 heavy (non-hydrogen) atoms. The van der Waals surface area contributed by atoms with Gasteiger partial charge in [0, 0.05) is 23.3 Å². The summed E-state index contributed by atoms with van der Waals surface area (Å²) < 4.78 is 1.85. The van der Waals surface area contributed by atoms with Crippen LogP contribution in [0.25, 0.3) is 10.9 Å². The molecule has 4 aromatic rings.